The Morgan fingerprint density at radius 2 is 2.00 bits per heavy atom. The highest BCUT2D eigenvalue weighted by molar-refractivity contribution is 5.93. The standard InChI is InChI=1S/C17H25NO3/c1-12-9-11-21-16(12)17(20)18-10-5-4-7-14(18)13-6-2-3-8-15(13)19/h9,11,13-15,19H,2-8,10H2,1H3. The van der Waals surface area contributed by atoms with Crippen LogP contribution in [-0.2, 0) is 0 Å². The largest absolute Gasteiger partial charge is 0.459 e. The number of amides is 1. The van der Waals surface area contributed by atoms with Gasteiger partial charge < -0.3 is 14.4 Å². The lowest BCUT2D eigenvalue weighted by Gasteiger charge is -2.43. The molecular formula is C17H25NO3. The third-order valence-corrected chi connectivity index (χ3v) is 5.14. The van der Waals surface area contributed by atoms with E-state index < -0.39 is 0 Å². The number of likely N-dealkylation sites (tertiary alicyclic amines) is 1. The maximum absolute atomic E-state index is 12.8. The van der Waals surface area contributed by atoms with Crippen molar-refractivity contribution in [3.8, 4) is 0 Å². The van der Waals surface area contributed by atoms with Crippen molar-refractivity contribution in [2.75, 3.05) is 6.54 Å². The molecule has 1 saturated carbocycles. The average molecular weight is 291 g/mol. The van der Waals surface area contributed by atoms with Crippen molar-refractivity contribution >= 4 is 5.91 Å². The summed E-state index contributed by atoms with van der Waals surface area (Å²) in [4.78, 5) is 14.8. The summed E-state index contributed by atoms with van der Waals surface area (Å²) in [5, 5.41) is 10.3. The Bertz CT molecular complexity index is 496. The fourth-order valence-corrected chi connectivity index (χ4v) is 3.97. The minimum absolute atomic E-state index is 0.0000246. The van der Waals surface area contributed by atoms with E-state index >= 15 is 0 Å². The van der Waals surface area contributed by atoms with Gasteiger partial charge in [-0.3, -0.25) is 4.79 Å². The molecule has 1 aromatic rings. The number of carbonyl (C=O) groups is 1. The summed E-state index contributed by atoms with van der Waals surface area (Å²) in [5.41, 5.74) is 0.897. The van der Waals surface area contributed by atoms with Gasteiger partial charge in [0.25, 0.3) is 5.91 Å². The number of hydrogen-bond donors (Lipinski definition) is 1. The Hall–Kier alpha value is -1.29. The molecule has 1 aliphatic carbocycles. The summed E-state index contributed by atoms with van der Waals surface area (Å²) < 4.78 is 5.39. The molecule has 1 amide bonds. The number of carbonyl (C=O) groups excluding carboxylic acids is 1. The summed E-state index contributed by atoms with van der Waals surface area (Å²) in [5.74, 6) is 0.699. The summed E-state index contributed by atoms with van der Waals surface area (Å²) >= 11 is 0. The molecule has 2 aliphatic rings. The topological polar surface area (TPSA) is 53.7 Å². The van der Waals surface area contributed by atoms with Crippen molar-refractivity contribution in [2.24, 2.45) is 5.92 Å². The van der Waals surface area contributed by atoms with Crippen LogP contribution in [0, 0.1) is 12.8 Å². The first-order chi connectivity index (χ1) is 10.2. The van der Waals surface area contributed by atoms with Crippen molar-refractivity contribution in [1.29, 1.82) is 0 Å². The zero-order valence-electron chi connectivity index (χ0n) is 12.8. The minimum Gasteiger partial charge on any atom is -0.459 e. The second-order valence-corrected chi connectivity index (χ2v) is 6.51. The predicted octanol–water partition coefficient (Wildman–Crippen LogP) is 3.13. The zero-order valence-corrected chi connectivity index (χ0v) is 12.8. The second-order valence-electron chi connectivity index (χ2n) is 6.51. The van der Waals surface area contributed by atoms with Crippen LogP contribution in [0.3, 0.4) is 0 Å². The Kier molecular flexibility index (Phi) is 4.34. The van der Waals surface area contributed by atoms with Gasteiger partial charge in [-0.2, -0.15) is 0 Å². The SMILES string of the molecule is Cc1ccoc1C(=O)N1CCCCC1C1CCCCC1O. The van der Waals surface area contributed by atoms with E-state index in [0.29, 0.717) is 5.76 Å². The number of aryl methyl sites for hydroxylation is 1. The van der Waals surface area contributed by atoms with E-state index in [1.165, 1.54) is 6.42 Å². The molecule has 2 fully saturated rings. The molecule has 4 nitrogen and oxygen atoms in total. The Balaban J connectivity index is 1.81. The van der Waals surface area contributed by atoms with Crippen molar-refractivity contribution in [3.63, 3.8) is 0 Å². The molecule has 3 unspecified atom stereocenters. The highest BCUT2D eigenvalue weighted by Gasteiger charge is 2.38. The molecule has 3 rings (SSSR count). The summed E-state index contributed by atoms with van der Waals surface area (Å²) in [6.07, 6.45) is 8.71. The maximum Gasteiger partial charge on any atom is 0.290 e. The average Bonchev–Trinajstić information content (AvgIpc) is 2.93. The number of nitrogens with zero attached hydrogens (tertiary/aromatic N) is 1. The summed E-state index contributed by atoms with van der Waals surface area (Å²) in [6, 6.07) is 2.01. The highest BCUT2D eigenvalue weighted by Crippen LogP contribution is 2.35. The van der Waals surface area contributed by atoms with Crippen LogP contribution in [0.15, 0.2) is 16.7 Å². The first kappa shape index (κ1) is 14.6. The van der Waals surface area contributed by atoms with Crippen molar-refractivity contribution in [3.05, 3.63) is 23.7 Å². The third kappa shape index (κ3) is 2.86. The Morgan fingerprint density at radius 3 is 2.71 bits per heavy atom. The molecule has 0 radical (unpaired) electrons. The van der Waals surface area contributed by atoms with Crippen LogP contribution in [0.2, 0.25) is 0 Å². The molecule has 0 spiro atoms. The smallest absolute Gasteiger partial charge is 0.290 e. The van der Waals surface area contributed by atoms with Gasteiger partial charge in [-0.15, -0.1) is 0 Å². The number of furan rings is 1. The van der Waals surface area contributed by atoms with Gasteiger partial charge in [0, 0.05) is 24.1 Å². The first-order valence-corrected chi connectivity index (χ1v) is 8.21. The summed E-state index contributed by atoms with van der Waals surface area (Å²) in [7, 11) is 0. The molecule has 1 aromatic heterocycles. The van der Waals surface area contributed by atoms with Crippen LogP contribution >= 0.6 is 0 Å². The number of aliphatic hydroxyl groups excluding tert-OH is 1. The Labute approximate surface area is 126 Å². The predicted molar refractivity (Wildman–Crippen MR) is 80.1 cm³/mol. The van der Waals surface area contributed by atoms with E-state index in [-0.39, 0.29) is 24.0 Å². The first-order valence-electron chi connectivity index (χ1n) is 8.21. The van der Waals surface area contributed by atoms with E-state index in [1.807, 2.05) is 17.9 Å². The number of piperidine rings is 1. The molecular weight excluding hydrogens is 266 g/mol. The fourth-order valence-electron chi connectivity index (χ4n) is 3.97. The minimum atomic E-state index is -0.255. The van der Waals surface area contributed by atoms with Gasteiger partial charge >= 0.3 is 0 Å². The number of aliphatic hydroxyl groups is 1. The van der Waals surface area contributed by atoms with Gasteiger partial charge in [0.15, 0.2) is 5.76 Å². The maximum atomic E-state index is 12.8. The Morgan fingerprint density at radius 1 is 1.24 bits per heavy atom. The lowest BCUT2D eigenvalue weighted by atomic mass is 9.78. The van der Waals surface area contributed by atoms with Gasteiger partial charge in [-0.25, -0.2) is 0 Å². The van der Waals surface area contributed by atoms with Crippen LogP contribution < -0.4 is 0 Å². The van der Waals surface area contributed by atoms with Gasteiger partial charge in [0.1, 0.15) is 0 Å². The van der Waals surface area contributed by atoms with E-state index in [9.17, 15) is 9.90 Å². The molecule has 0 aromatic carbocycles. The molecule has 2 heterocycles. The molecule has 1 saturated heterocycles. The highest BCUT2D eigenvalue weighted by atomic mass is 16.3. The van der Waals surface area contributed by atoms with Crippen LogP contribution in [0.25, 0.3) is 0 Å². The van der Waals surface area contributed by atoms with Crippen LogP contribution in [0.4, 0.5) is 0 Å². The lowest BCUT2D eigenvalue weighted by Crippen LogP contribution is -2.51. The van der Waals surface area contributed by atoms with Crippen molar-refractivity contribution in [2.45, 2.75) is 64.0 Å². The quantitative estimate of drug-likeness (QED) is 0.910. The molecule has 0 bridgehead atoms. The van der Waals surface area contributed by atoms with Crippen LogP contribution in [0.5, 0.6) is 0 Å². The molecule has 3 atom stereocenters. The van der Waals surface area contributed by atoms with E-state index in [1.54, 1.807) is 6.26 Å². The van der Waals surface area contributed by atoms with Gasteiger partial charge in [-0.05, 0) is 45.1 Å². The third-order valence-electron chi connectivity index (χ3n) is 5.14. The van der Waals surface area contributed by atoms with Crippen molar-refractivity contribution < 1.29 is 14.3 Å². The number of hydrogen-bond acceptors (Lipinski definition) is 3. The van der Waals surface area contributed by atoms with E-state index in [2.05, 4.69) is 0 Å². The van der Waals surface area contributed by atoms with Gasteiger partial charge in [0.05, 0.1) is 12.4 Å². The van der Waals surface area contributed by atoms with Crippen molar-refractivity contribution in [1.82, 2.24) is 4.90 Å². The molecule has 1 N–H and O–H groups in total. The van der Waals surface area contributed by atoms with E-state index in [4.69, 9.17) is 4.42 Å². The normalized spacial score (nSPS) is 30.4. The summed E-state index contributed by atoms with van der Waals surface area (Å²) in [6.45, 7) is 2.69. The molecule has 116 valence electrons. The van der Waals surface area contributed by atoms with Gasteiger partial charge in [-0.1, -0.05) is 12.8 Å². The molecule has 4 heteroatoms. The van der Waals surface area contributed by atoms with E-state index in [0.717, 1.165) is 50.6 Å². The van der Waals surface area contributed by atoms with Gasteiger partial charge in [0.2, 0.25) is 0 Å². The fraction of sp³-hybridized carbons (Fsp3) is 0.706. The zero-order chi connectivity index (χ0) is 14.8. The monoisotopic (exact) mass is 291 g/mol. The van der Waals surface area contributed by atoms with Crippen LogP contribution in [0.1, 0.15) is 61.1 Å². The number of rotatable bonds is 2. The molecule has 21 heavy (non-hydrogen) atoms. The van der Waals surface area contributed by atoms with Crippen LogP contribution in [-0.4, -0.2) is 34.6 Å². The lowest BCUT2D eigenvalue weighted by molar-refractivity contribution is -0.00252. The second kappa shape index (κ2) is 6.22. The molecule has 1 aliphatic heterocycles.